The Labute approximate surface area is 167 Å². The van der Waals surface area contributed by atoms with Crippen LogP contribution in [0.15, 0.2) is 90.1 Å². The molecule has 2 heterocycles. The van der Waals surface area contributed by atoms with E-state index < -0.39 is 11.5 Å². The number of nitrogens with one attached hydrogen (secondary N) is 3. The van der Waals surface area contributed by atoms with Crippen LogP contribution >= 0.6 is 11.3 Å². The summed E-state index contributed by atoms with van der Waals surface area (Å²) in [6, 6.07) is 23.4. The third-order valence-electron chi connectivity index (χ3n) is 4.51. The maximum atomic E-state index is 11.8. The summed E-state index contributed by atoms with van der Waals surface area (Å²) in [4.78, 5) is 12.8. The van der Waals surface area contributed by atoms with Gasteiger partial charge >= 0.3 is 5.97 Å². The summed E-state index contributed by atoms with van der Waals surface area (Å²) in [5.74, 6) is -0.188. The molecule has 1 aromatic heterocycles. The van der Waals surface area contributed by atoms with Gasteiger partial charge in [-0.05, 0) is 41.8 Å². The molecule has 4 N–H and O–H groups in total. The molecule has 7 heteroatoms. The number of rotatable bonds is 7. The average Bonchev–Trinajstić information content (AvgIpc) is 3.36. The van der Waals surface area contributed by atoms with E-state index in [-0.39, 0.29) is 6.42 Å². The standard InChI is InChI=1S/C21H20N4O2S/c26-20(27)15-21(18-12-7-13-28-18)14-19(23-22-16-8-3-1-4-9-16)24-25(21)17-10-5-2-6-11-17/h1-14,22-24H,15H2,(H,26,27). The van der Waals surface area contributed by atoms with Crippen molar-refractivity contribution in [3.05, 3.63) is 95.0 Å². The number of aliphatic carboxylic acids is 1. The van der Waals surface area contributed by atoms with Crippen LogP contribution in [0.25, 0.3) is 0 Å². The molecule has 2 aromatic carbocycles. The number of carboxylic acids is 1. The number of hydrogen-bond donors (Lipinski definition) is 4. The van der Waals surface area contributed by atoms with Crippen LogP contribution in [-0.2, 0) is 10.3 Å². The van der Waals surface area contributed by atoms with E-state index in [0.717, 1.165) is 16.3 Å². The van der Waals surface area contributed by atoms with Gasteiger partial charge in [-0.3, -0.25) is 26.1 Å². The van der Waals surface area contributed by atoms with E-state index in [4.69, 9.17) is 0 Å². The molecule has 4 rings (SSSR count). The number of anilines is 2. The highest BCUT2D eigenvalue weighted by atomic mass is 32.1. The van der Waals surface area contributed by atoms with Gasteiger partial charge in [-0.15, -0.1) is 11.3 Å². The number of para-hydroxylation sites is 2. The molecule has 0 spiro atoms. The van der Waals surface area contributed by atoms with Crippen molar-refractivity contribution in [2.45, 2.75) is 12.0 Å². The molecule has 1 aliphatic rings. The second kappa shape index (κ2) is 7.66. The molecular formula is C21H20N4O2S. The lowest BCUT2D eigenvalue weighted by atomic mass is 9.92. The quantitative estimate of drug-likeness (QED) is 0.457. The topological polar surface area (TPSA) is 76.6 Å². The fraction of sp³-hybridized carbons (Fsp3) is 0.0952. The summed E-state index contributed by atoms with van der Waals surface area (Å²) in [5.41, 5.74) is 10.6. The van der Waals surface area contributed by atoms with E-state index >= 15 is 0 Å². The first-order valence-corrected chi connectivity index (χ1v) is 9.73. The van der Waals surface area contributed by atoms with Crippen molar-refractivity contribution < 1.29 is 9.90 Å². The Morgan fingerprint density at radius 2 is 1.71 bits per heavy atom. The predicted molar refractivity (Wildman–Crippen MR) is 112 cm³/mol. The molecule has 0 aliphatic carbocycles. The van der Waals surface area contributed by atoms with E-state index in [0.29, 0.717) is 5.82 Å². The SMILES string of the molecule is O=C(O)CC1(c2cccs2)C=C(NNc2ccccc2)NN1c1ccccc1. The van der Waals surface area contributed by atoms with Crippen LogP contribution in [0.1, 0.15) is 11.3 Å². The molecule has 0 saturated heterocycles. The van der Waals surface area contributed by atoms with Gasteiger partial charge in [0.2, 0.25) is 0 Å². The van der Waals surface area contributed by atoms with E-state index in [2.05, 4.69) is 16.3 Å². The summed E-state index contributed by atoms with van der Waals surface area (Å²) < 4.78 is 0. The van der Waals surface area contributed by atoms with Gasteiger partial charge in [-0.25, -0.2) is 0 Å². The van der Waals surface area contributed by atoms with Crippen molar-refractivity contribution in [3.8, 4) is 0 Å². The third kappa shape index (κ3) is 3.52. The molecule has 1 unspecified atom stereocenters. The van der Waals surface area contributed by atoms with Crippen molar-refractivity contribution in [1.82, 2.24) is 10.9 Å². The summed E-state index contributed by atoms with van der Waals surface area (Å²) in [6.07, 6.45) is 1.85. The lowest BCUT2D eigenvalue weighted by molar-refractivity contribution is -0.138. The molecule has 3 aromatic rings. The van der Waals surface area contributed by atoms with Crippen LogP contribution in [0, 0.1) is 0 Å². The van der Waals surface area contributed by atoms with Crippen LogP contribution in [0.3, 0.4) is 0 Å². The molecule has 0 fully saturated rings. The highest BCUT2D eigenvalue weighted by Gasteiger charge is 2.45. The Hall–Kier alpha value is -3.45. The zero-order valence-electron chi connectivity index (χ0n) is 15.0. The average molecular weight is 392 g/mol. The first kappa shape index (κ1) is 17.9. The van der Waals surface area contributed by atoms with Crippen LogP contribution in [0.2, 0.25) is 0 Å². The fourth-order valence-corrected chi connectivity index (χ4v) is 4.19. The molecule has 1 atom stereocenters. The molecule has 1 aliphatic heterocycles. The molecule has 0 amide bonds. The maximum Gasteiger partial charge on any atom is 0.306 e. The predicted octanol–water partition coefficient (Wildman–Crippen LogP) is 3.90. The highest BCUT2D eigenvalue weighted by Crippen LogP contribution is 2.42. The smallest absolute Gasteiger partial charge is 0.306 e. The molecule has 142 valence electrons. The van der Waals surface area contributed by atoms with Gasteiger partial charge in [0.1, 0.15) is 11.4 Å². The summed E-state index contributed by atoms with van der Waals surface area (Å²) >= 11 is 1.54. The van der Waals surface area contributed by atoms with Crippen LogP contribution in [-0.4, -0.2) is 11.1 Å². The molecule has 6 nitrogen and oxygen atoms in total. The number of thiophene rings is 1. The summed E-state index contributed by atoms with van der Waals surface area (Å²) in [6.45, 7) is 0. The Kier molecular flexibility index (Phi) is 4.90. The zero-order chi connectivity index (χ0) is 19.4. The van der Waals surface area contributed by atoms with Crippen molar-refractivity contribution in [1.29, 1.82) is 0 Å². The van der Waals surface area contributed by atoms with Crippen LogP contribution in [0.5, 0.6) is 0 Å². The largest absolute Gasteiger partial charge is 0.481 e. The third-order valence-corrected chi connectivity index (χ3v) is 5.55. The Balaban J connectivity index is 1.71. The molecule has 28 heavy (non-hydrogen) atoms. The van der Waals surface area contributed by atoms with Gasteiger partial charge in [-0.1, -0.05) is 42.5 Å². The fourth-order valence-electron chi connectivity index (χ4n) is 3.31. The van der Waals surface area contributed by atoms with Gasteiger partial charge in [0.25, 0.3) is 0 Å². The maximum absolute atomic E-state index is 11.8. The second-order valence-corrected chi connectivity index (χ2v) is 7.38. The van der Waals surface area contributed by atoms with Crippen molar-refractivity contribution >= 4 is 28.7 Å². The van der Waals surface area contributed by atoms with Gasteiger partial charge in [0, 0.05) is 4.88 Å². The van der Waals surface area contributed by atoms with E-state index in [9.17, 15) is 9.90 Å². The number of carboxylic acid groups (broad SMARTS) is 1. The minimum atomic E-state index is -0.871. The van der Waals surface area contributed by atoms with Crippen LogP contribution in [0.4, 0.5) is 11.4 Å². The molecule has 0 bridgehead atoms. The lowest BCUT2D eigenvalue weighted by Gasteiger charge is -2.37. The molecular weight excluding hydrogens is 372 g/mol. The minimum absolute atomic E-state index is 0.0775. The normalized spacial score (nSPS) is 18.3. The van der Waals surface area contributed by atoms with E-state index in [1.807, 2.05) is 89.3 Å². The Morgan fingerprint density at radius 3 is 2.36 bits per heavy atom. The van der Waals surface area contributed by atoms with Crippen LogP contribution < -0.4 is 21.3 Å². The first-order valence-electron chi connectivity index (χ1n) is 8.85. The zero-order valence-corrected chi connectivity index (χ0v) is 15.8. The van der Waals surface area contributed by atoms with E-state index in [1.165, 1.54) is 11.3 Å². The van der Waals surface area contributed by atoms with Crippen molar-refractivity contribution in [2.75, 3.05) is 10.4 Å². The number of nitrogens with zero attached hydrogens (tertiary/aromatic N) is 1. The molecule has 0 saturated carbocycles. The monoisotopic (exact) mass is 392 g/mol. The van der Waals surface area contributed by atoms with Crippen molar-refractivity contribution in [3.63, 3.8) is 0 Å². The Morgan fingerprint density at radius 1 is 1.00 bits per heavy atom. The minimum Gasteiger partial charge on any atom is -0.481 e. The number of hydrazine groups is 2. The summed E-state index contributed by atoms with van der Waals surface area (Å²) in [5, 5.41) is 13.5. The second-order valence-electron chi connectivity index (χ2n) is 6.43. The lowest BCUT2D eigenvalue weighted by Crippen LogP contribution is -2.49. The van der Waals surface area contributed by atoms with Gasteiger partial charge < -0.3 is 5.11 Å². The molecule has 0 radical (unpaired) electrons. The van der Waals surface area contributed by atoms with Gasteiger partial charge in [-0.2, -0.15) is 0 Å². The highest BCUT2D eigenvalue weighted by molar-refractivity contribution is 7.10. The number of benzene rings is 2. The number of hydrogen-bond acceptors (Lipinski definition) is 6. The Bertz CT molecular complexity index is 961. The van der Waals surface area contributed by atoms with Gasteiger partial charge in [0.15, 0.2) is 0 Å². The van der Waals surface area contributed by atoms with Gasteiger partial charge in [0.05, 0.1) is 17.8 Å². The van der Waals surface area contributed by atoms with E-state index in [1.54, 1.807) is 0 Å². The first-order chi connectivity index (χ1) is 13.7. The van der Waals surface area contributed by atoms with Crippen molar-refractivity contribution in [2.24, 2.45) is 0 Å². The summed E-state index contributed by atoms with van der Waals surface area (Å²) in [7, 11) is 0. The number of carbonyl (C=O) groups is 1.